The second kappa shape index (κ2) is 11.7. The third kappa shape index (κ3) is 5.89. The van der Waals surface area contributed by atoms with Gasteiger partial charge in [0.05, 0.1) is 51.8 Å². The minimum atomic E-state index is -0.977. The Hall–Kier alpha value is -2.62. The number of aliphatic hydroxyl groups excluding tert-OH is 4. The van der Waals surface area contributed by atoms with Crippen LogP contribution in [0, 0.1) is 0 Å². The van der Waals surface area contributed by atoms with Crippen molar-refractivity contribution >= 4 is 34.6 Å². The van der Waals surface area contributed by atoms with Crippen LogP contribution in [0.3, 0.4) is 0 Å². The lowest BCUT2D eigenvalue weighted by atomic mass is 10.3. The van der Waals surface area contributed by atoms with E-state index in [9.17, 15) is 20.4 Å². The summed E-state index contributed by atoms with van der Waals surface area (Å²) in [5, 5.41) is 44.4. The lowest BCUT2D eigenvalue weighted by Crippen LogP contribution is -2.38. The summed E-state index contributed by atoms with van der Waals surface area (Å²) in [6.45, 7) is 3.99. The van der Waals surface area contributed by atoms with Crippen LogP contribution in [-0.2, 0) is 9.47 Å². The Morgan fingerprint density at radius 2 is 1.06 bits per heavy atom. The van der Waals surface area contributed by atoms with Crippen molar-refractivity contribution in [2.24, 2.45) is 0 Å². The fourth-order valence-electron chi connectivity index (χ4n) is 3.61. The van der Waals surface area contributed by atoms with Gasteiger partial charge in [-0.2, -0.15) is 9.97 Å². The van der Waals surface area contributed by atoms with Crippen molar-refractivity contribution in [1.82, 2.24) is 19.9 Å². The van der Waals surface area contributed by atoms with Crippen LogP contribution in [0.25, 0.3) is 11.0 Å². The molecule has 188 valence electrons. The van der Waals surface area contributed by atoms with Crippen molar-refractivity contribution in [2.45, 2.75) is 12.2 Å². The maximum Gasteiger partial charge on any atom is 0.228 e. The summed E-state index contributed by atoms with van der Waals surface area (Å²) >= 11 is 0. The zero-order valence-corrected chi connectivity index (χ0v) is 18.9. The van der Waals surface area contributed by atoms with Gasteiger partial charge in [-0.25, -0.2) is 9.97 Å². The van der Waals surface area contributed by atoms with Crippen molar-refractivity contribution in [1.29, 1.82) is 0 Å². The van der Waals surface area contributed by atoms with Crippen LogP contribution in [-0.4, -0.2) is 131 Å². The third-order valence-electron chi connectivity index (χ3n) is 5.54. The fraction of sp³-hybridized carbons (Fsp3) is 0.700. The highest BCUT2D eigenvalue weighted by Crippen LogP contribution is 2.29. The molecule has 2 fully saturated rings. The van der Waals surface area contributed by atoms with E-state index in [2.05, 4.69) is 20.6 Å². The smallest absolute Gasteiger partial charge is 0.228 e. The van der Waals surface area contributed by atoms with Crippen LogP contribution < -0.4 is 20.4 Å². The summed E-state index contributed by atoms with van der Waals surface area (Å²) in [5.74, 6) is 1.68. The molecule has 14 nitrogen and oxygen atoms in total. The Bertz CT molecular complexity index is 866. The maximum absolute atomic E-state index is 9.89. The number of anilines is 4. The number of fused-ring (bicyclic) bond motifs is 1. The Balaban J connectivity index is 1.79. The monoisotopic (exact) mass is 480 g/mol. The summed E-state index contributed by atoms with van der Waals surface area (Å²) in [6.07, 6.45) is -1.95. The summed E-state index contributed by atoms with van der Waals surface area (Å²) < 4.78 is 10.9. The van der Waals surface area contributed by atoms with Gasteiger partial charge >= 0.3 is 0 Å². The molecule has 2 aromatic rings. The molecule has 2 aromatic heterocycles. The van der Waals surface area contributed by atoms with Gasteiger partial charge in [0.25, 0.3) is 0 Å². The molecule has 2 atom stereocenters. The van der Waals surface area contributed by atoms with E-state index in [1.165, 1.54) is 0 Å². The van der Waals surface area contributed by atoms with Gasteiger partial charge in [-0.3, -0.25) is 0 Å². The quantitative estimate of drug-likeness (QED) is 0.212. The van der Waals surface area contributed by atoms with Gasteiger partial charge in [-0.1, -0.05) is 0 Å². The summed E-state index contributed by atoms with van der Waals surface area (Å²) in [7, 11) is 0. The van der Waals surface area contributed by atoms with Crippen LogP contribution in [0.1, 0.15) is 0 Å². The zero-order chi connectivity index (χ0) is 23.9. The number of nitrogens with one attached hydrogen (secondary N) is 2. The van der Waals surface area contributed by atoms with Crippen LogP contribution in [0.2, 0.25) is 0 Å². The Morgan fingerprint density at radius 3 is 1.41 bits per heavy atom. The Morgan fingerprint density at radius 1 is 0.676 bits per heavy atom. The lowest BCUT2D eigenvalue weighted by molar-refractivity contribution is 0.105. The molecule has 0 radical (unpaired) electrons. The largest absolute Gasteiger partial charge is 0.394 e. The van der Waals surface area contributed by atoms with Gasteiger partial charge in [-0.15, -0.1) is 0 Å². The molecule has 2 saturated heterocycles. The molecule has 0 amide bonds. The molecule has 0 saturated carbocycles. The van der Waals surface area contributed by atoms with E-state index in [1.54, 1.807) is 0 Å². The summed E-state index contributed by atoms with van der Waals surface area (Å²) in [5.41, 5.74) is 0.860. The minimum Gasteiger partial charge on any atom is -0.394 e. The lowest BCUT2D eigenvalue weighted by Gasteiger charge is -2.29. The number of hydrogen-bond acceptors (Lipinski definition) is 14. The molecule has 6 N–H and O–H groups in total. The van der Waals surface area contributed by atoms with E-state index >= 15 is 0 Å². The van der Waals surface area contributed by atoms with E-state index in [1.807, 2.05) is 9.80 Å². The molecular weight excluding hydrogens is 448 g/mol. The molecule has 0 spiro atoms. The fourth-order valence-corrected chi connectivity index (χ4v) is 3.61. The Kier molecular flexibility index (Phi) is 8.42. The first-order chi connectivity index (χ1) is 16.6. The normalized spacial score (nSPS) is 18.7. The van der Waals surface area contributed by atoms with Crippen molar-refractivity contribution in [3.8, 4) is 0 Å². The summed E-state index contributed by atoms with van der Waals surface area (Å²) in [4.78, 5) is 22.8. The van der Waals surface area contributed by atoms with Crippen molar-refractivity contribution in [3.63, 3.8) is 0 Å². The highest BCUT2D eigenvalue weighted by molar-refractivity contribution is 5.94. The zero-order valence-electron chi connectivity index (χ0n) is 18.9. The van der Waals surface area contributed by atoms with Crippen molar-refractivity contribution in [2.75, 3.05) is 99.3 Å². The average molecular weight is 481 g/mol. The van der Waals surface area contributed by atoms with Gasteiger partial charge in [0.1, 0.15) is 11.0 Å². The number of ether oxygens (including phenoxy) is 2. The predicted octanol–water partition coefficient (Wildman–Crippen LogP) is -2.38. The maximum atomic E-state index is 9.89. The summed E-state index contributed by atoms with van der Waals surface area (Å²) in [6, 6.07) is 0. The van der Waals surface area contributed by atoms with Crippen LogP contribution in [0.4, 0.5) is 23.5 Å². The molecule has 0 bridgehead atoms. The molecule has 2 aliphatic heterocycles. The third-order valence-corrected chi connectivity index (χ3v) is 5.54. The van der Waals surface area contributed by atoms with E-state index in [0.29, 0.717) is 87.2 Å². The highest BCUT2D eigenvalue weighted by atomic mass is 16.5. The molecule has 34 heavy (non-hydrogen) atoms. The minimum absolute atomic E-state index is 0.0635. The first-order valence-electron chi connectivity index (χ1n) is 11.4. The molecule has 2 aliphatic rings. The average Bonchev–Trinajstić information content (AvgIpc) is 2.90. The molecular formula is C20H32N8O6. The van der Waals surface area contributed by atoms with E-state index in [-0.39, 0.29) is 13.1 Å². The van der Waals surface area contributed by atoms with Gasteiger partial charge < -0.3 is 50.3 Å². The Labute approximate surface area is 196 Å². The van der Waals surface area contributed by atoms with Crippen molar-refractivity contribution < 1.29 is 29.9 Å². The molecule has 0 aromatic carbocycles. The molecule has 4 heterocycles. The number of rotatable bonds is 10. The number of morpholine rings is 2. The molecule has 14 heteroatoms. The number of hydrogen-bond donors (Lipinski definition) is 6. The van der Waals surface area contributed by atoms with Gasteiger partial charge in [0.2, 0.25) is 11.9 Å². The number of nitrogens with zero attached hydrogens (tertiary/aromatic N) is 6. The van der Waals surface area contributed by atoms with E-state index in [4.69, 9.17) is 19.4 Å². The number of aliphatic hydroxyl groups is 4. The van der Waals surface area contributed by atoms with Crippen LogP contribution >= 0.6 is 0 Å². The van der Waals surface area contributed by atoms with E-state index in [0.717, 1.165) is 0 Å². The van der Waals surface area contributed by atoms with Crippen molar-refractivity contribution in [3.05, 3.63) is 0 Å². The van der Waals surface area contributed by atoms with Gasteiger partial charge in [0.15, 0.2) is 11.6 Å². The highest BCUT2D eigenvalue weighted by Gasteiger charge is 2.23. The molecule has 0 aliphatic carbocycles. The molecule has 4 rings (SSSR count). The van der Waals surface area contributed by atoms with Gasteiger partial charge in [-0.05, 0) is 0 Å². The van der Waals surface area contributed by atoms with E-state index < -0.39 is 25.4 Å². The molecule has 2 unspecified atom stereocenters. The second-order valence-electron chi connectivity index (χ2n) is 8.08. The first kappa shape index (κ1) is 24.5. The predicted molar refractivity (Wildman–Crippen MR) is 124 cm³/mol. The standard InChI is InChI=1S/C20H32N8O6/c29-11-13(31)9-21-17-16-15(23-19(25-17)27-1-5-33-6-2-27)18(22-10-14(32)12-30)26-20(24-16)28-3-7-34-8-4-28/h13-14,29-32H,1-12H2,(H,21,23,25)(H,22,24,26). The van der Waals surface area contributed by atoms with Crippen LogP contribution in [0.5, 0.6) is 0 Å². The first-order valence-corrected chi connectivity index (χ1v) is 11.4. The van der Waals surface area contributed by atoms with Crippen LogP contribution in [0.15, 0.2) is 0 Å². The SMILES string of the molecule is OCC(O)CNc1nc(N2CCOCC2)nc2c(NCC(O)CO)nc(N3CCOCC3)nc12. The second-order valence-corrected chi connectivity index (χ2v) is 8.08. The number of aromatic nitrogens is 4. The van der Waals surface area contributed by atoms with Gasteiger partial charge in [0, 0.05) is 39.3 Å². The topological polar surface area (TPSA) is 181 Å².